The molecule has 2 heterocycles. The molecule has 0 aliphatic carbocycles. The van der Waals surface area contributed by atoms with Crippen LogP contribution >= 0.6 is 11.3 Å². The average Bonchev–Trinajstić information content (AvgIpc) is 3.05. The molecule has 1 N–H and O–H groups in total. The van der Waals surface area contributed by atoms with Gasteiger partial charge in [-0.05, 0) is 48.4 Å². The number of aliphatic hydroxyl groups is 1. The zero-order chi connectivity index (χ0) is 14.1. The van der Waals surface area contributed by atoms with Crippen LogP contribution in [-0.2, 0) is 6.42 Å². The maximum absolute atomic E-state index is 10.6. The van der Waals surface area contributed by atoms with Crippen LogP contribution in [0.4, 0.5) is 0 Å². The molecule has 0 radical (unpaired) electrons. The smallest absolute Gasteiger partial charge is 0.125 e. The molecule has 2 aromatic rings. The first-order valence-corrected chi connectivity index (χ1v) is 7.79. The first-order valence-electron chi connectivity index (χ1n) is 6.85. The zero-order valence-corrected chi connectivity index (χ0v) is 12.4. The lowest BCUT2D eigenvalue weighted by Gasteiger charge is -2.16. The van der Waals surface area contributed by atoms with E-state index in [0.717, 1.165) is 34.6 Å². The Morgan fingerprint density at radius 3 is 3.05 bits per heavy atom. The van der Waals surface area contributed by atoms with Gasteiger partial charge in [0, 0.05) is 17.5 Å². The standard InChI is InChI=1S/C16H18O3S/c1-3-18-15-7-12-6-10(2)19-14(12)8-13(15)16(17)11-4-5-20-9-11/h4-5,7-10,16-17H,3,6H2,1-2H3. The van der Waals surface area contributed by atoms with Crippen molar-refractivity contribution in [2.24, 2.45) is 0 Å². The van der Waals surface area contributed by atoms with E-state index < -0.39 is 6.10 Å². The maximum Gasteiger partial charge on any atom is 0.125 e. The predicted molar refractivity (Wildman–Crippen MR) is 79.8 cm³/mol. The predicted octanol–water partition coefficient (Wildman–Crippen LogP) is 3.55. The minimum absolute atomic E-state index is 0.188. The van der Waals surface area contributed by atoms with Gasteiger partial charge in [0.2, 0.25) is 0 Å². The number of ether oxygens (including phenoxy) is 2. The Labute approximate surface area is 122 Å². The second-order valence-electron chi connectivity index (χ2n) is 5.02. The van der Waals surface area contributed by atoms with E-state index in [1.165, 1.54) is 0 Å². The highest BCUT2D eigenvalue weighted by Crippen LogP contribution is 2.39. The van der Waals surface area contributed by atoms with Crippen molar-refractivity contribution in [3.05, 3.63) is 45.6 Å². The summed E-state index contributed by atoms with van der Waals surface area (Å²) in [5, 5.41) is 14.5. The lowest BCUT2D eigenvalue weighted by atomic mass is 10.00. The molecule has 0 spiro atoms. The van der Waals surface area contributed by atoms with Gasteiger partial charge in [0.25, 0.3) is 0 Å². The molecule has 3 nitrogen and oxygen atoms in total. The van der Waals surface area contributed by atoms with Crippen molar-refractivity contribution >= 4 is 11.3 Å². The van der Waals surface area contributed by atoms with Gasteiger partial charge in [-0.3, -0.25) is 0 Å². The number of benzene rings is 1. The van der Waals surface area contributed by atoms with E-state index in [0.29, 0.717) is 6.61 Å². The van der Waals surface area contributed by atoms with Crippen LogP contribution in [0.15, 0.2) is 29.0 Å². The van der Waals surface area contributed by atoms with Crippen LogP contribution in [0.5, 0.6) is 11.5 Å². The Kier molecular flexibility index (Phi) is 3.68. The molecule has 1 aliphatic heterocycles. The van der Waals surface area contributed by atoms with Gasteiger partial charge in [0.05, 0.1) is 6.61 Å². The van der Waals surface area contributed by atoms with Gasteiger partial charge < -0.3 is 14.6 Å². The minimum atomic E-state index is -0.674. The molecule has 20 heavy (non-hydrogen) atoms. The molecule has 0 saturated carbocycles. The summed E-state index contributed by atoms with van der Waals surface area (Å²) in [7, 11) is 0. The molecule has 0 bridgehead atoms. The van der Waals surface area contributed by atoms with E-state index in [1.54, 1.807) is 11.3 Å². The van der Waals surface area contributed by atoms with Gasteiger partial charge in [-0.15, -0.1) is 0 Å². The number of thiophene rings is 1. The largest absolute Gasteiger partial charge is 0.493 e. The van der Waals surface area contributed by atoms with Crippen LogP contribution in [0, 0.1) is 0 Å². The molecule has 2 unspecified atom stereocenters. The Morgan fingerprint density at radius 2 is 2.35 bits per heavy atom. The van der Waals surface area contributed by atoms with Crippen LogP contribution in [0.2, 0.25) is 0 Å². The van der Waals surface area contributed by atoms with Crippen molar-refractivity contribution in [3.8, 4) is 11.5 Å². The van der Waals surface area contributed by atoms with Crippen molar-refractivity contribution in [2.45, 2.75) is 32.5 Å². The summed E-state index contributed by atoms with van der Waals surface area (Å²) in [4.78, 5) is 0. The van der Waals surface area contributed by atoms with E-state index in [9.17, 15) is 5.11 Å². The third-order valence-corrected chi connectivity index (χ3v) is 4.18. The summed E-state index contributed by atoms with van der Waals surface area (Å²) < 4.78 is 11.5. The first-order chi connectivity index (χ1) is 9.69. The summed E-state index contributed by atoms with van der Waals surface area (Å²) in [5.41, 5.74) is 2.82. The number of rotatable bonds is 4. The number of hydrogen-bond donors (Lipinski definition) is 1. The lowest BCUT2D eigenvalue weighted by Crippen LogP contribution is -2.05. The minimum Gasteiger partial charge on any atom is -0.493 e. The number of aliphatic hydroxyl groups excluding tert-OH is 1. The van der Waals surface area contributed by atoms with E-state index in [-0.39, 0.29) is 6.10 Å². The molecule has 1 aromatic carbocycles. The highest BCUT2D eigenvalue weighted by molar-refractivity contribution is 7.07. The molecule has 0 amide bonds. The second kappa shape index (κ2) is 5.46. The molecule has 3 rings (SSSR count). The molecule has 0 saturated heterocycles. The molecule has 106 valence electrons. The van der Waals surface area contributed by atoms with Crippen molar-refractivity contribution in [1.29, 1.82) is 0 Å². The number of fused-ring (bicyclic) bond motifs is 1. The molecule has 1 aromatic heterocycles. The first kappa shape index (κ1) is 13.5. The highest BCUT2D eigenvalue weighted by Gasteiger charge is 2.25. The van der Waals surface area contributed by atoms with Gasteiger partial charge in [-0.1, -0.05) is 0 Å². The third kappa shape index (κ3) is 2.41. The van der Waals surface area contributed by atoms with Crippen LogP contribution in [0.25, 0.3) is 0 Å². The summed E-state index contributed by atoms with van der Waals surface area (Å²) >= 11 is 1.58. The molecule has 2 atom stereocenters. The fourth-order valence-electron chi connectivity index (χ4n) is 2.56. The van der Waals surface area contributed by atoms with E-state index in [1.807, 2.05) is 35.9 Å². The average molecular weight is 290 g/mol. The molecular formula is C16H18O3S. The van der Waals surface area contributed by atoms with Gasteiger partial charge in [0.15, 0.2) is 0 Å². The van der Waals surface area contributed by atoms with Crippen molar-refractivity contribution < 1.29 is 14.6 Å². The normalized spacial score (nSPS) is 18.4. The summed E-state index contributed by atoms with van der Waals surface area (Å²) in [6, 6.07) is 5.86. The fraction of sp³-hybridized carbons (Fsp3) is 0.375. The summed E-state index contributed by atoms with van der Waals surface area (Å²) in [5.74, 6) is 1.62. The molecule has 1 aliphatic rings. The van der Waals surface area contributed by atoms with Gasteiger partial charge in [0.1, 0.15) is 23.7 Å². The Hall–Kier alpha value is -1.52. The van der Waals surface area contributed by atoms with Crippen molar-refractivity contribution in [1.82, 2.24) is 0 Å². The van der Waals surface area contributed by atoms with Crippen LogP contribution < -0.4 is 9.47 Å². The van der Waals surface area contributed by atoms with Gasteiger partial charge >= 0.3 is 0 Å². The SMILES string of the molecule is CCOc1cc2c(cc1C(O)c1ccsc1)OC(C)C2. The zero-order valence-electron chi connectivity index (χ0n) is 11.6. The quantitative estimate of drug-likeness (QED) is 0.936. The van der Waals surface area contributed by atoms with Gasteiger partial charge in [-0.25, -0.2) is 0 Å². The van der Waals surface area contributed by atoms with E-state index >= 15 is 0 Å². The van der Waals surface area contributed by atoms with Gasteiger partial charge in [-0.2, -0.15) is 11.3 Å². The topological polar surface area (TPSA) is 38.7 Å². The van der Waals surface area contributed by atoms with E-state index in [2.05, 4.69) is 6.92 Å². The van der Waals surface area contributed by atoms with Crippen LogP contribution in [-0.4, -0.2) is 17.8 Å². The fourth-order valence-corrected chi connectivity index (χ4v) is 3.24. The number of hydrogen-bond acceptors (Lipinski definition) is 4. The van der Waals surface area contributed by atoms with Crippen molar-refractivity contribution in [2.75, 3.05) is 6.61 Å². The monoisotopic (exact) mass is 290 g/mol. The van der Waals surface area contributed by atoms with Crippen molar-refractivity contribution in [3.63, 3.8) is 0 Å². The molecular weight excluding hydrogens is 272 g/mol. The Bertz CT molecular complexity index is 592. The highest BCUT2D eigenvalue weighted by atomic mass is 32.1. The Morgan fingerprint density at radius 1 is 1.50 bits per heavy atom. The lowest BCUT2D eigenvalue weighted by molar-refractivity contribution is 0.210. The summed E-state index contributed by atoms with van der Waals surface area (Å²) in [6.07, 6.45) is 0.408. The maximum atomic E-state index is 10.6. The second-order valence-corrected chi connectivity index (χ2v) is 5.80. The Balaban J connectivity index is 2.02. The van der Waals surface area contributed by atoms with Crippen LogP contribution in [0.3, 0.4) is 0 Å². The third-order valence-electron chi connectivity index (χ3n) is 3.48. The van der Waals surface area contributed by atoms with E-state index in [4.69, 9.17) is 9.47 Å². The summed E-state index contributed by atoms with van der Waals surface area (Å²) in [6.45, 7) is 4.58. The van der Waals surface area contributed by atoms with Crippen LogP contribution in [0.1, 0.15) is 36.6 Å². The molecule has 4 heteroatoms. The molecule has 0 fully saturated rings.